The summed E-state index contributed by atoms with van der Waals surface area (Å²) >= 11 is 0. The second-order valence-corrected chi connectivity index (χ2v) is 4.76. The van der Waals surface area contributed by atoms with Crippen molar-refractivity contribution >= 4 is 17.6 Å². The van der Waals surface area contributed by atoms with Crippen LogP contribution in [0.1, 0.15) is 15.9 Å². The van der Waals surface area contributed by atoms with E-state index in [-0.39, 0.29) is 18.9 Å². The first-order chi connectivity index (χ1) is 11.1. The molecule has 0 atom stereocenters. The first kappa shape index (κ1) is 16.5. The number of benzene rings is 2. The monoisotopic (exact) mass is 314 g/mol. The molecule has 0 bridgehead atoms. The third kappa shape index (κ3) is 4.82. The van der Waals surface area contributed by atoms with Crippen LogP contribution in [0.25, 0.3) is 0 Å². The quantitative estimate of drug-likeness (QED) is 0.800. The predicted molar refractivity (Wildman–Crippen MR) is 86.6 cm³/mol. The van der Waals surface area contributed by atoms with Crippen LogP contribution in [-0.4, -0.2) is 25.5 Å². The number of carbonyl (C=O) groups is 2. The Kier molecular flexibility index (Phi) is 5.71. The lowest BCUT2D eigenvalue weighted by atomic mass is 10.1. The van der Waals surface area contributed by atoms with E-state index in [0.29, 0.717) is 11.3 Å². The van der Waals surface area contributed by atoms with Crippen LogP contribution in [0.15, 0.2) is 48.5 Å². The molecule has 0 aliphatic heterocycles. The van der Waals surface area contributed by atoms with Gasteiger partial charge in [0, 0.05) is 11.3 Å². The Balaban J connectivity index is 1.90. The number of hydrogen-bond acceptors (Lipinski definition) is 5. The van der Waals surface area contributed by atoms with Gasteiger partial charge < -0.3 is 15.2 Å². The van der Waals surface area contributed by atoms with Gasteiger partial charge in [0.2, 0.25) is 0 Å². The third-order valence-corrected chi connectivity index (χ3v) is 3.15. The van der Waals surface area contributed by atoms with Gasteiger partial charge in [0.05, 0.1) is 13.7 Å². The average molecular weight is 314 g/mol. The van der Waals surface area contributed by atoms with Crippen molar-refractivity contribution in [2.75, 3.05) is 19.0 Å². The molecule has 0 spiro atoms. The Morgan fingerprint density at radius 3 is 2.52 bits per heavy atom. The van der Waals surface area contributed by atoms with Crippen LogP contribution in [0.4, 0.5) is 10.5 Å². The Labute approximate surface area is 134 Å². The summed E-state index contributed by atoms with van der Waals surface area (Å²) in [5.74, 6) is 0.542. The summed E-state index contributed by atoms with van der Waals surface area (Å²) in [6, 6.07) is 13.7. The topological polar surface area (TPSA) is 90.6 Å². The van der Waals surface area contributed by atoms with Crippen molar-refractivity contribution in [2.24, 2.45) is 5.73 Å². The van der Waals surface area contributed by atoms with E-state index in [0.717, 1.165) is 11.3 Å². The van der Waals surface area contributed by atoms with E-state index in [1.54, 1.807) is 43.5 Å². The standard InChI is InChI=1S/C17H18N2O4/c1-22-15-7-5-12(6-8-15)11-23-17(21)19-14-4-2-3-13(9-14)16(20)10-18/h2-9H,10-11,18H2,1H3,(H,19,21). The van der Waals surface area contributed by atoms with Crippen molar-refractivity contribution in [3.8, 4) is 5.75 Å². The number of nitrogens with two attached hydrogens (primary N) is 1. The lowest BCUT2D eigenvalue weighted by Gasteiger charge is -2.08. The first-order valence-electron chi connectivity index (χ1n) is 7.02. The number of amides is 1. The summed E-state index contributed by atoms with van der Waals surface area (Å²) in [5, 5.41) is 2.58. The molecule has 6 nitrogen and oxygen atoms in total. The van der Waals surface area contributed by atoms with E-state index in [9.17, 15) is 9.59 Å². The number of anilines is 1. The molecular formula is C17H18N2O4. The molecule has 6 heteroatoms. The summed E-state index contributed by atoms with van der Waals surface area (Å²) in [7, 11) is 1.59. The number of carbonyl (C=O) groups excluding carboxylic acids is 2. The predicted octanol–water partition coefficient (Wildman–Crippen LogP) is 2.59. The van der Waals surface area contributed by atoms with Crippen LogP contribution < -0.4 is 15.8 Å². The number of ketones is 1. The fourth-order valence-corrected chi connectivity index (χ4v) is 1.91. The van der Waals surface area contributed by atoms with Crippen molar-refractivity contribution < 1.29 is 19.1 Å². The smallest absolute Gasteiger partial charge is 0.411 e. The lowest BCUT2D eigenvalue weighted by Crippen LogP contribution is -2.16. The van der Waals surface area contributed by atoms with Gasteiger partial charge in [-0.2, -0.15) is 0 Å². The Hall–Kier alpha value is -2.86. The number of Topliss-reactive ketones (excluding diaryl/α,β-unsaturated/α-hetero) is 1. The molecular weight excluding hydrogens is 296 g/mol. The first-order valence-corrected chi connectivity index (χ1v) is 7.02. The van der Waals surface area contributed by atoms with Crippen LogP contribution in [0.3, 0.4) is 0 Å². The third-order valence-electron chi connectivity index (χ3n) is 3.15. The van der Waals surface area contributed by atoms with Gasteiger partial charge in [-0.15, -0.1) is 0 Å². The van der Waals surface area contributed by atoms with E-state index in [1.165, 1.54) is 0 Å². The van der Waals surface area contributed by atoms with E-state index in [4.69, 9.17) is 15.2 Å². The molecule has 0 aliphatic carbocycles. The molecule has 2 aromatic carbocycles. The van der Waals surface area contributed by atoms with Crippen molar-refractivity contribution in [3.63, 3.8) is 0 Å². The number of hydrogen-bond donors (Lipinski definition) is 2. The largest absolute Gasteiger partial charge is 0.497 e. The summed E-state index contributed by atoms with van der Waals surface area (Å²) in [6.45, 7) is 0.0582. The van der Waals surface area contributed by atoms with Gasteiger partial charge in [-0.25, -0.2) is 4.79 Å². The molecule has 3 N–H and O–H groups in total. The highest BCUT2D eigenvalue weighted by atomic mass is 16.5. The van der Waals surface area contributed by atoms with Gasteiger partial charge >= 0.3 is 6.09 Å². The SMILES string of the molecule is COc1ccc(COC(=O)Nc2cccc(C(=O)CN)c2)cc1. The van der Waals surface area contributed by atoms with E-state index < -0.39 is 6.09 Å². The molecule has 1 amide bonds. The summed E-state index contributed by atoms with van der Waals surface area (Å²) in [5.41, 5.74) is 7.08. The van der Waals surface area contributed by atoms with Gasteiger partial charge in [-0.05, 0) is 29.8 Å². The van der Waals surface area contributed by atoms with Crippen LogP contribution >= 0.6 is 0 Å². The highest BCUT2D eigenvalue weighted by molar-refractivity contribution is 5.99. The number of ether oxygens (including phenoxy) is 2. The maximum absolute atomic E-state index is 11.8. The van der Waals surface area contributed by atoms with E-state index in [2.05, 4.69) is 5.32 Å². The molecule has 0 saturated heterocycles. The van der Waals surface area contributed by atoms with Crippen molar-refractivity contribution in [3.05, 3.63) is 59.7 Å². The molecule has 23 heavy (non-hydrogen) atoms. The minimum absolute atomic E-state index is 0.0780. The van der Waals surface area contributed by atoms with Gasteiger partial charge in [-0.1, -0.05) is 24.3 Å². The van der Waals surface area contributed by atoms with Crippen molar-refractivity contribution in [1.82, 2.24) is 0 Å². The normalized spacial score (nSPS) is 10.0. The minimum atomic E-state index is -0.599. The zero-order valence-electron chi connectivity index (χ0n) is 12.7. The van der Waals surface area contributed by atoms with Crippen LogP contribution in [-0.2, 0) is 11.3 Å². The van der Waals surface area contributed by atoms with Gasteiger partial charge in [0.25, 0.3) is 0 Å². The second kappa shape index (κ2) is 7.95. The Morgan fingerprint density at radius 1 is 1.13 bits per heavy atom. The highest BCUT2D eigenvalue weighted by Crippen LogP contribution is 2.14. The zero-order valence-corrected chi connectivity index (χ0v) is 12.7. The molecule has 0 aromatic heterocycles. The maximum atomic E-state index is 11.8. The fraction of sp³-hybridized carbons (Fsp3) is 0.176. The average Bonchev–Trinajstić information content (AvgIpc) is 2.60. The van der Waals surface area contributed by atoms with Crippen LogP contribution in [0, 0.1) is 0 Å². The summed E-state index contributed by atoms with van der Waals surface area (Å²) < 4.78 is 10.2. The zero-order chi connectivity index (χ0) is 16.7. The summed E-state index contributed by atoms with van der Waals surface area (Å²) in [4.78, 5) is 23.3. The van der Waals surface area contributed by atoms with Crippen molar-refractivity contribution in [1.29, 1.82) is 0 Å². The van der Waals surface area contributed by atoms with E-state index in [1.807, 2.05) is 12.1 Å². The van der Waals surface area contributed by atoms with Crippen LogP contribution in [0.5, 0.6) is 5.75 Å². The molecule has 0 fully saturated rings. The Morgan fingerprint density at radius 2 is 1.87 bits per heavy atom. The molecule has 2 rings (SSSR count). The molecule has 0 unspecified atom stereocenters. The number of methoxy groups -OCH3 is 1. The molecule has 0 radical (unpaired) electrons. The second-order valence-electron chi connectivity index (χ2n) is 4.76. The molecule has 0 saturated carbocycles. The lowest BCUT2D eigenvalue weighted by molar-refractivity contribution is 0.100. The van der Waals surface area contributed by atoms with Gasteiger partial charge in [0.15, 0.2) is 5.78 Å². The van der Waals surface area contributed by atoms with Crippen LogP contribution in [0.2, 0.25) is 0 Å². The molecule has 2 aromatic rings. The Bertz CT molecular complexity index is 683. The summed E-state index contributed by atoms with van der Waals surface area (Å²) in [6.07, 6.45) is -0.599. The number of rotatable bonds is 6. The van der Waals surface area contributed by atoms with Gasteiger partial charge in [0.1, 0.15) is 12.4 Å². The number of nitrogens with one attached hydrogen (secondary N) is 1. The van der Waals surface area contributed by atoms with E-state index >= 15 is 0 Å². The molecule has 0 aliphatic rings. The minimum Gasteiger partial charge on any atom is -0.497 e. The van der Waals surface area contributed by atoms with Gasteiger partial charge in [-0.3, -0.25) is 10.1 Å². The molecule has 0 heterocycles. The maximum Gasteiger partial charge on any atom is 0.411 e. The highest BCUT2D eigenvalue weighted by Gasteiger charge is 2.07. The molecule has 120 valence electrons. The van der Waals surface area contributed by atoms with Crippen molar-refractivity contribution in [2.45, 2.75) is 6.61 Å². The fourth-order valence-electron chi connectivity index (χ4n) is 1.91.